The largest absolute Gasteiger partial charge is 0.503 e. The predicted octanol–water partition coefficient (Wildman–Crippen LogP) is 3.05. The van der Waals surface area contributed by atoms with Gasteiger partial charge in [-0.1, -0.05) is 13.0 Å². The Morgan fingerprint density at radius 2 is 1.84 bits per heavy atom. The van der Waals surface area contributed by atoms with Crippen LogP contribution in [-0.4, -0.2) is 56.6 Å². The lowest BCUT2D eigenvalue weighted by molar-refractivity contribution is -0.0686. The average Bonchev–Trinajstić information content (AvgIpc) is 3.07. The summed E-state index contributed by atoms with van der Waals surface area (Å²) in [7, 11) is 0. The van der Waals surface area contributed by atoms with Gasteiger partial charge >= 0.3 is 0 Å². The molecule has 0 aliphatic carbocycles. The molecule has 9 heteroatoms. The van der Waals surface area contributed by atoms with Gasteiger partial charge in [0.15, 0.2) is 5.75 Å². The molecule has 1 aliphatic heterocycles. The number of halogens is 2. The van der Waals surface area contributed by atoms with Crippen LogP contribution in [0.5, 0.6) is 5.75 Å². The Bertz CT molecular complexity index is 1140. The maximum atomic E-state index is 14.4. The van der Waals surface area contributed by atoms with Crippen molar-refractivity contribution in [3.8, 4) is 17.0 Å². The lowest BCUT2D eigenvalue weighted by Crippen LogP contribution is -2.46. The van der Waals surface area contributed by atoms with E-state index in [0.717, 1.165) is 25.2 Å². The Labute approximate surface area is 178 Å². The molecule has 1 aromatic carbocycles. The van der Waals surface area contributed by atoms with E-state index < -0.39 is 28.4 Å². The minimum absolute atomic E-state index is 0.122. The molecule has 166 valence electrons. The summed E-state index contributed by atoms with van der Waals surface area (Å²) >= 11 is 0. The van der Waals surface area contributed by atoms with E-state index in [1.165, 1.54) is 6.07 Å². The minimum Gasteiger partial charge on any atom is -0.503 e. The molecule has 2 N–H and O–H groups in total. The summed E-state index contributed by atoms with van der Waals surface area (Å²) in [5, 5.41) is 15.3. The number of aromatic amines is 1. The van der Waals surface area contributed by atoms with E-state index >= 15 is 0 Å². The van der Waals surface area contributed by atoms with Crippen molar-refractivity contribution in [3.63, 3.8) is 0 Å². The Hall–Kier alpha value is -2.78. The molecular weight excluding hydrogens is 406 g/mol. The number of aryl methyl sites for hydroxylation is 1. The molecule has 1 fully saturated rings. The van der Waals surface area contributed by atoms with Gasteiger partial charge < -0.3 is 14.8 Å². The lowest BCUT2D eigenvalue weighted by Gasteiger charge is -2.35. The molecule has 2 aromatic heterocycles. The van der Waals surface area contributed by atoms with Gasteiger partial charge in [0, 0.05) is 19.6 Å². The first-order chi connectivity index (χ1) is 14.8. The monoisotopic (exact) mass is 432 g/mol. The number of aromatic nitrogens is 3. The van der Waals surface area contributed by atoms with Crippen molar-refractivity contribution in [1.82, 2.24) is 19.7 Å². The number of aromatic hydroxyl groups is 1. The van der Waals surface area contributed by atoms with Crippen LogP contribution in [0.1, 0.15) is 26.5 Å². The highest BCUT2D eigenvalue weighted by Gasteiger charge is 2.25. The number of pyridine rings is 1. The van der Waals surface area contributed by atoms with E-state index in [9.17, 15) is 18.7 Å². The van der Waals surface area contributed by atoms with Gasteiger partial charge in [-0.2, -0.15) is 5.10 Å². The SMILES string of the molecule is CCc1nn(CCN2C[C@@H](C)O[C@@H](C)C2)c2[nH]c(-c3c(F)cccc3F)c(O)c(=O)c12. The second kappa shape index (κ2) is 8.39. The number of benzene rings is 1. The van der Waals surface area contributed by atoms with Crippen molar-refractivity contribution in [2.75, 3.05) is 19.6 Å². The quantitative estimate of drug-likeness (QED) is 0.648. The molecule has 31 heavy (non-hydrogen) atoms. The molecule has 7 nitrogen and oxygen atoms in total. The van der Waals surface area contributed by atoms with Crippen LogP contribution in [0.25, 0.3) is 22.3 Å². The first kappa shape index (κ1) is 21.5. The van der Waals surface area contributed by atoms with Crippen LogP contribution in [0.2, 0.25) is 0 Å². The first-order valence-corrected chi connectivity index (χ1v) is 10.5. The number of morpholine rings is 1. The van der Waals surface area contributed by atoms with Gasteiger partial charge in [0.1, 0.15) is 17.3 Å². The average molecular weight is 432 g/mol. The maximum Gasteiger partial charge on any atom is 0.235 e. The molecule has 0 amide bonds. The van der Waals surface area contributed by atoms with Gasteiger partial charge in [-0.05, 0) is 32.4 Å². The van der Waals surface area contributed by atoms with Crippen molar-refractivity contribution in [2.24, 2.45) is 0 Å². The van der Waals surface area contributed by atoms with E-state index in [0.29, 0.717) is 30.9 Å². The Morgan fingerprint density at radius 1 is 1.19 bits per heavy atom. The second-order valence-electron chi connectivity index (χ2n) is 8.04. The molecule has 1 aliphatic rings. The van der Waals surface area contributed by atoms with E-state index in [1.54, 1.807) is 4.68 Å². The summed E-state index contributed by atoms with van der Waals surface area (Å²) in [6.07, 6.45) is 0.721. The fourth-order valence-electron chi connectivity index (χ4n) is 4.32. The van der Waals surface area contributed by atoms with Crippen LogP contribution >= 0.6 is 0 Å². The van der Waals surface area contributed by atoms with Crippen molar-refractivity contribution >= 4 is 11.0 Å². The molecule has 2 atom stereocenters. The third kappa shape index (κ3) is 3.95. The third-order valence-corrected chi connectivity index (χ3v) is 5.62. The number of fused-ring (bicyclic) bond motifs is 1. The summed E-state index contributed by atoms with van der Waals surface area (Å²) in [6, 6.07) is 3.39. The summed E-state index contributed by atoms with van der Waals surface area (Å²) < 4.78 is 36.1. The summed E-state index contributed by atoms with van der Waals surface area (Å²) in [4.78, 5) is 18.1. The fourth-order valence-corrected chi connectivity index (χ4v) is 4.32. The minimum atomic E-state index is -0.872. The summed E-state index contributed by atoms with van der Waals surface area (Å²) in [5.74, 6) is -2.46. The molecule has 0 bridgehead atoms. The number of hydrogen-bond donors (Lipinski definition) is 2. The highest BCUT2D eigenvalue weighted by molar-refractivity contribution is 5.84. The number of ether oxygens (including phenoxy) is 1. The van der Waals surface area contributed by atoms with E-state index in [2.05, 4.69) is 15.0 Å². The van der Waals surface area contributed by atoms with E-state index in [1.807, 2.05) is 20.8 Å². The van der Waals surface area contributed by atoms with Crippen LogP contribution in [-0.2, 0) is 17.7 Å². The zero-order valence-corrected chi connectivity index (χ0v) is 17.8. The lowest BCUT2D eigenvalue weighted by atomic mass is 10.1. The molecule has 0 radical (unpaired) electrons. The Balaban J connectivity index is 1.78. The molecule has 3 heterocycles. The molecule has 0 unspecified atom stereocenters. The van der Waals surface area contributed by atoms with Crippen molar-refractivity contribution in [1.29, 1.82) is 0 Å². The van der Waals surface area contributed by atoms with Crippen molar-refractivity contribution < 1.29 is 18.6 Å². The topological polar surface area (TPSA) is 83.4 Å². The van der Waals surface area contributed by atoms with Gasteiger partial charge in [-0.15, -0.1) is 0 Å². The van der Waals surface area contributed by atoms with Crippen molar-refractivity contribution in [3.05, 3.63) is 45.8 Å². The number of H-pyrrole nitrogens is 1. The number of hydrogen-bond acceptors (Lipinski definition) is 5. The summed E-state index contributed by atoms with van der Waals surface area (Å²) in [5.41, 5.74) is -0.586. The predicted molar refractivity (Wildman–Crippen MR) is 113 cm³/mol. The molecular formula is C22H26F2N4O3. The van der Waals surface area contributed by atoms with Crippen LogP contribution in [0, 0.1) is 11.6 Å². The maximum absolute atomic E-state index is 14.4. The highest BCUT2D eigenvalue weighted by atomic mass is 19.1. The zero-order valence-electron chi connectivity index (χ0n) is 17.8. The van der Waals surface area contributed by atoms with Gasteiger partial charge in [0.05, 0.1) is 41.1 Å². The molecule has 0 saturated carbocycles. The Kier molecular flexibility index (Phi) is 5.81. The standard InChI is InChI=1S/C22H26F2N4O3/c1-4-16-18-20(29)21(30)19(17-14(23)6-5-7-15(17)24)25-22(18)28(26-16)9-8-27-10-12(2)31-13(3)11-27/h5-7,12-13,30H,4,8-11H2,1-3H3,(H,25,29)/t12-,13+. The van der Waals surface area contributed by atoms with Gasteiger partial charge in [-0.3, -0.25) is 9.69 Å². The number of nitrogens with one attached hydrogen (secondary N) is 1. The molecule has 0 spiro atoms. The highest BCUT2D eigenvalue weighted by Crippen LogP contribution is 2.31. The molecule has 3 aromatic rings. The zero-order chi connectivity index (χ0) is 22.3. The van der Waals surface area contributed by atoms with Crippen molar-refractivity contribution in [2.45, 2.75) is 45.9 Å². The normalized spacial score (nSPS) is 19.9. The number of rotatable bonds is 5. The van der Waals surface area contributed by atoms with Gasteiger partial charge in [0.2, 0.25) is 5.43 Å². The van der Waals surface area contributed by atoms with Gasteiger partial charge in [0.25, 0.3) is 0 Å². The van der Waals surface area contributed by atoms with Crippen LogP contribution in [0.3, 0.4) is 0 Å². The van der Waals surface area contributed by atoms with Crippen LogP contribution < -0.4 is 5.43 Å². The van der Waals surface area contributed by atoms with Gasteiger partial charge in [-0.25, -0.2) is 13.5 Å². The smallest absolute Gasteiger partial charge is 0.235 e. The first-order valence-electron chi connectivity index (χ1n) is 10.5. The van der Waals surface area contributed by atoms with Crippen LogP contribution in [0.15, 0.2) is 23.0 Å². The third-order valence-electron chi connectivity index (χ3n) is 5.62. The van der Waals surface area contributed by atoms with E-state index in [-0.39, 0.29) is 23.3 Å². The van der Waals surface area contributed by atoms with E-state index in [4.69, 9.17) is 4.74 Å². The second-order valence-corrected chi connectivity index (χ2v) is 8.04. The number of nitrogens with zero attached hydrogens (tertiary/aromatic N) is 3. The molecule has 4 rings (SSSR count). The fraction of sp³-hybridized carbons (Fsp3) is 0.455. The Morgan fingerprint density at radius 3 is 2.45 bits per heavy atom. The van der Waals surface area contributed by atoms with Crippen LogP contribution in [0.4, 0.5) is 8.78 Å². The summed E-state index contributed by atoms with van der Waals surface area (Å²) in [6.45, 7) is 8.62. The molecule has 1 saturated heterocycles.